The summed E-state index contributed by atoms with van der Waals surface area (Å²) in [5.41, 5.74) is 3.76. The molecule has 1 amide bonds. The molecule has 0 aliphatic carbocycles. The number of hydrogen-bond acceptors (Lipinski definition) is 3. The minimum absolute atomic E-state index is 0.0644. The van der Waals surface area contributed by atoms with Gasteiger partial charge in [-0.2, -0.15) is 0 Å². The first-order valence-corrected chi connectivity index (χ1v) is 9.28. The number of carbonyl (C=O) groups excluding carboxylic acids is 1. The maximum Gasteiger partial charge on any atom is 0.270 e. The van der Waals surface area contributed by atoms with Crippen LogP contribution in [0.3, 0.4) is 0 Å². The molecule has 0 aliphatic rings. The summed E-state index contributed by atoms with van der Waals surface area (Å²) < 4.78 is 0. The normalized spacial score (nSPS) is 11.6. The smallest absolute Gasteiger partial charge is 0.270 e. The Kier molecular flexibility index (Phi) is 6.21. The van der Waals surface area contributed by atoms with E-state index in [-0.39, 0.29) is 11.9 Å². The van der Waals surface area contributed by atoms with Crippen molar-refractivity contribution in [1.82, 2.24) is 10.3 Å². The van der Waals surface area contributed by atoms with Crippen molar-refractivity contribution in [2.45, 2.75) is 26.4 Å². The molecule has 0 saturated carbocycles. The summed E-state index contributed by atoms with van der Waals surface area (Å²) >= 11 is 0. The van der Waals surface area contributed by atoms with Gasteiger partial charge < -0.3 is 10.2 Å². The minimum Gasteiger partial charge on any atom is -0.366 e. The number of hydrogen-bond donors (Lipinski definition) is 1. The molecule has 0 fully saturated rings. The number of benzene rings is 2. The Morgan fingerprint density at radius 1 is 1.00 bits per heavy atom. The summed E-state index contributed by atoms with van der Waals surface area (Å²) in [6.45, 7) is 5.77. The van der Waals surface area contributed by atoms with Crippen molar-refractivity contribution < 1.29 is 4.79 Å². The van der Waals surface area contributed by atoms with E-state index in [1.807, 2.05) is 61.5 Å². The average Bonchev–Trinajstić information content (AvgIpc) is 2.73. The standard InChI is InChI=1S/C23H25N3O/c1-3-26(17-19-10-6-4-7-11-19)21-14-15-22(24-16-21)23(27)25-18(2)20-12-8-5-9-13-20/h4-16,18H,3,17H2,1-2H3,(H,25,27). The van der Waals surface area contributed by atoms with Crippen LogP contribution in [0.5, 0.6) is 0 Å². The zero-order valence-electron chi connectivity index (χ0n) is 15.8. The number of aromatic nitrogens is 1. The van der Waals surface area contributed by atoms with Gasteiger partial charge in [-0.1, -0.05) is 60.7 Å². The van der Waals surface area contributed by atoms with Crippen molar-refractivity contribution in [1.29, 1.82) is 0 Å². The number of amides is 1. The van der Waals surface area contributed by atoms with Crippen LogP contribution in [0.25, 0.3) is 0 Å². The first-order chi connectivity index (χ1) is 13.2. The maximum absolute atomic E-state index is 12.5. The molecule has 1 unspecified atom stereocenters. The van der Waals surface area contributed by atoms with Gasteiger partial charge in [0, 0.05) is 13.1 Å². The maximum atomic E-state index is 12.5. The van der Waals surface area contributed by atoms with E-state index in [1.54, 1.807) is 12.3 Å². The predicted octanol–water partition coefficient (Wildman–Crippen LogP) is 4.60. The molecule has 0 saturated heterocycles. The topological polar surface area (TPSA) is 45.2 Å². The summed E-state index contributed by atoms with van der Waals surface area (Å²) in [5, 5.41) is 3.00. The van der Waals surface area contributed by atoms with Crippen molar-refractivity contribution in [3.63, 3.8) is 0 Å². The van der Waals surface area contributed by atoms with Gasteiger partial charge >= 0.3 is 0 Å². The number of anilines is 1. The zero-order valence-corrected chi connectivity index (χ0v) is 15.8. The zero-order chi connectivity index (χ0) is 19.1. The van der Waals surface area contributed by atoms with Crippen LogP contribution >= 0.6 is 0 Å². The molecule has 4 nitrogen and oxygen atoms in total. The molecule has 1 heterocycles. The second-order valence-corrected chi connectivity index (χ2v) is 6.51. The Bertz CT molecular complexity index is 848. The van der Waals surface area contributed by atoms with E-state index in [4.69, 9.17) is 0 Å². The number of pyridine rings is 1. The van der Waals surface area contributed by atoms with Crippen molar-refractivity contribution in [2.24, 2.45) is 0 Å². The number of nitrogens with zero attached hydrogens (tertiary/aromatic N) is 2. The van der Waals surface area contributed by atoms with Crippen molar-refractivity contribution in [3.8, 4) is 0 Å². The Labute approximate surface area is 160 Å². The van der Waals surface area contributed by atoms with Crippen LogP contribution in [-0.2, 0) is 6.54 Å². The predicted molar refractivity (Wildman–Crippen MR) is 110 cm³/mol. The highest BCUT2D eigenvalue weighted by molar-refractivity contribution is 5.92. The monoisotopic (exact) mass is 359 g/mol. The highest BCUT2D eigenvalue weighted by Crippen LogP contribution is 2.17. The summed E-state index contributed by atoms with van der Waals surface area (Å²) in [6, 6.07) is 23.9. The molecule has 3 aromatic rings. The lowest BCUT2D eigenvalue weighted by Gasteiger charge is -2.23. The highest BCUT2D eigenvalue weighted by Gasteiger charge is 2.13. The molecular weight excluding hydrogens is 334 g/mol. The van der Waals surface area contributed by atoms with Crippen LogP contribution in [0.1, 0.15) is 41.5 Å². The molecular formula is C23H25N3O. The van der Waals surface area contributed by atoms with E-state index in [0.717, 1.165) is 24.3 Å². The van der Waals surface area contributed by atoms with Gasteiger partial charge in [-0.3, -0.25) is 4.79 Å². The van der Waals surface area contributed by atoms with Crippen LogP contribution in [0.15, 0.2) is 79.0 Å². The third kappa shape index (κ3) is 4.94. The fraction of sp³-hybridized carbons (Fsp3) is 0.217. The molecule has 1 atom stereocenters. The van der Waals surface area contributed by atoms with Crippen LogP contribution < -0.4 is 10.2 Å². The minimum atomic E-state index is -0.163. The lowest BCUT2D eigenvalue weighted by atomic mass is 10.1. The van der Waals surface area contributed by atoms with Gasteiger partial charge in [-0.05, 0) is 37.1 Å². The van der Waals surface area contributed by atoms with Gasteiger partial charge in [0.25, 0.3) is 5.91 Å². The van der Waals surface area contributed by atoms with E-state index in [9.17, 15) is 4.79 Å². The summed E-state index contributed by atoms with van der Waals surface area (Å²) in [6.07, 6.45) is 1.77. The van der Waals surface area contributed by atoms with E-state index < -0.39 is 0 Å². The molecule has 27 heavy (non-hydrogen) atoms. The van der Waals surface area contributed by atoms with Crippen LogP contribution in [0.4, 0.5) is 5.69 Å². The van der Waals surface area contributed by atoms with E-state index in [1.165, 1.54) is 5.56 Å². The van der Waals surface area contributed by atoms with Crippen molar-refractivity contribution in [2.75, 3.05) is 11.4 Å². The summed E-state index contributed by atoms with van der Waals surface area (Å²) in [7, 11) is 0. The second-order valence-electron chi connectivity index (χ2n) is 6.51. The third-order valence-electron chi connectivity index (χ3n) is 4.59. The lowest BCUT2D eigenvalue weighted by Crippen LogP contribution is -2.27. The first-order valence-electron chi connectivity index (χ1n) is 9.28. The molecule has 1 aromatic heterocycles. The largest absolute Gasteiger partial charge is 0.366 e. The second kappa shape index (κ2) is 8.99. The number of carbonyl (C=O) groups is 1. The van der Waals surface area contributed by atoms with E-state index in [2.05, 4.69) is 34.3 Å². The van der Waals surface area contributed by atoms with Crippen LogP contribution in [0.2, 0.25) is 0 Å². The quantitative estimate of drug-likeness (QED) is 0.670. The fourth-order valence-corrected chi connectivity index (χ4v) is 2.99. The Balaban J connectivity index is 1.66. The van der Waals surface area contributed by atoms with E-state index in [0.29, 0.717) is 5.69 Å². The van der Waals surface area contributed by atoms with Crippen LogP contribution in [0, 0.1) is 0 Å². The van der Waals surface area contributed by atoms with Gasteiger partial charge in [0.1, 0.15) is 5.69 Å². The SMILES string of the molecule is CCN(Cc1ccccc1)c1ccc(C(=O)NC(C)c2ccccc2)nc1. The summed E-state index contributed by atoms with van der Waals surface area (Å²) in [4.78, 5) is 19.1. The first kappa shape index (κ1) is 18.6. The molecule has 1 N–H and O–H groups in total. The third-order valence-corrected chi connectivity index (χ3v) is 4.59. The Hall–Kier alpha value is -3.14. The summed E-state index contributed by atoms with van der Waals surface area (Å²) in [5.74, 6) is -0.163. The van der Waals surface area contributed by atoms with E-state index >= 15 is 0 Å². The Morgan fingerprint density at radius 2 is 1.67 bits per heavy atom. The Morgan fingerprint density at radius 3 is 2.26 bits per heavy atom. The van der Waals surface area contributed by atoms with Crippen LogP contribution in [-0.4, -0.2) is 17.4 Å². The van der Waals surface area contributed by atoms with Gasteiger partial charge in [-0.15, -0.1) is 0 Å². The molecule has 0 bridgehead atoms. The molecule has 138 valence electrons. The molecule has 4 heteroatoms. The molecule has 0 spiro atoms. The number of nitrogens with one attached hydrogen (secondary N) is 1. The molecule has 2 aromatic carbocycles. The fourth-order valence-electron chi connectivity index (χ4n) is 2.99. The van der Waals surface area contributed by atoms with Gasteiger partial charge in [0.05, 0.1) is 17.9 Å². The van der Waals surface area contributed by atoms with Gasteiger partial charge in [0.15, 0.2) is 0 Å². The molecule has 0 radical (unpaired) electrons. The molecule has 3 rings (SSSR count). The highest BCUT2D eigenvalue weighted by atomic mass is 16.1. The average molecular weight is 359 g/mol. The van der Waals surface area contributed by atoms with Gasteiger partial charge in [0.2, 0.25) is 0 Å². The van der Waals surface area contributed by atoms with Crippen molar-refractivity contribution in [3.05, 3.63) is 95.8 Å². The molecule has 0 aliphatic heterocycles. The van der Waals surface area contributed by atoms with Crippen molar-refractivity contribution >= 4 is 11.6 Å². The number of rotatable bonds is 7. The lowest BCUT2D eigenvalue weighted by molar-refractivity contribution is 0.0935. The van der Waals surface area contributed by atoms with Gasteiger partial charge in [-0.25, -0.2) is 4.98 Å².